The normalized spacial score (nSPS) is 25.5. The van der Waals surface area contributed by atoms with Gasteiger partial charge in [0.15, 0.2) is 11.6 Å². The van der Waals surface area contributed by atoms with Crippen molar-refractivity contribution in [3.63, 3.8) is 0 Å². The third-order valence-electron chi connectivity index (χ3n) is 5.65. The summed E-state index contributed by atoms with van der Waals surface area (Å²) in [5.41, 5.74) is 3.15. The maximum Gasteiger partial charge on any atom is 0.150 e. The van der Waals surface area contributed by atoms with Crippen LogP contribution in [0.25, 0.3) is 11.1 Å². The highest BCUT2D eigenvalue weighted by molar-refractivity contribution is 6.30. The first kappa shape index (κ1) is 16.5. The topological polar surface area (TPSA) is 34.1 Å². The first-order chi connectivity index (χ1) is 12.0. The second-order valence-electron chi connectivity index (χ2n) is 7.14. The molecule has 2 aromatic rings. The van der Waals surface area contributed by atoms with Gasteiger partial charge in [0.05, 0.1) is 5.02 Å². The van der Waals surface area contributed by atoms with Gasteiger partial charge in [0.1, 0.15) is 11.7 Å². The van der Waals surface area contributed by atoms with E-state index >= 15 is 0 Å². The Bertz CT molecular complexity index is 867. The Hall–Kier alpha value is -2.00. The summed E-state index contributed by atoms with van der Waals surface area (Å²) in [5, 5.41) is 0.0743. The van der Waals surface area contributed by atoms with Gasteiger partial charge in [0.2, 0.25) is 0 Å². The van der Waals surface area contributed by atoms with Gasteiger partial charge in [0, 0.05) is 11.8 Å². The fourth-order valence-corrected chi connectivity index (χ4v) is 4.34. The number of fused-ring (bicyclic) bond motifs is 2. The number of carbonyl (C=O) groups excluding carboxylic acids is 2. The molecule has 0 saturated heterocycles. The second kappa shape index (κ2) is 6.06. The summed E-state index contributed by atoms with van der Waals surface area (Å²) in [6.45, 7) is 1.92. The maximum atomic E-state index is 13.8. The maximum absolute atomic E-state index is 13.8. The predicted octanol–water partition coefficient (Wildman–Crippen LogP) is 5.11. The van der Waals surface area contributed by atoms with E-state index in [-0.39, 0.29) is 28.4 Å². The molecule has 3 atom stereocenters. The lowest BCUT2D eigenvalue weighted by molar-refractivity contribution is -0.135. The van der Waals surface area contributed by atoms with Gasteiger partial charge in [-0.3, -0.25) is 9.59 Å². The molecule has 25 heavy (non-hydrogen) atoms. The van der Waals surface area contributed by atoms with Crippen LogP contribution in [-0.2, 0) is 9.59 Å². The van der Waals surface area contributed by atoms with E-state index in [4.69, 9.17) is 11.6 Å². The molecule has 0 aliphatic heterocycles. The van der Waals surface area contributed by atoms with Gasteiger partial charge < -0.3 is 0 Å². The van der Waals surface area contributed by atoms with Gasteiger partial charge in [-0.25, -0.2) is 4.39 Å². The molecule has 4 rings (SSSR count). The Morgan fingerprint density at radius 3 is 2.20 bits per heavy atom. The third-order valence-corrected chi connectivity index (χ3v) is 5.96. The summed E-state index contributed by atoms with van der Waals surface area (Å²) in [6, 6.07) is 10.3. The molecule has 0 radical (unpaired) electrons. The summed E-state index contributed by atoms with van der Waals surface area (Å²) >= 11 is 5.76. The van der Waals surface area contributed by atoms with E-state index in [2.05, 4.69) is 0 Å². The fraction of sp³-hybridized carbons (Fsp3) is 0.333. The second-order valence-corrected chi connectivity index (χ2v) is 7.55. The average molecular weight is 357 g/mol. The zero-order valence-electron chi connectivity index (χ0n) is 13.9. The van der Waals surface area contributed by atoms with Crippen LogP contribution in [-0.4, -0.2) is 11.6 Å². The Morgan fingerprint density at radius 1 is 0.960 bits per heavy atom. The molecular formula is C21H18ClFO2. The number of carbonyl (C=O) groups is 2. The lowest BCUT2D eigenvalue weighted by Crippen LogP contribution is -2.35. The molecule has 128 valence electrons. The van der Waals surface area contributed by atoms with Crippen molar-refractivity contribution in [1.82, 2.24) is 0 Å². The Labute approximate surface area is 151 Å². The number of aryl methyl sites for hydroxylation is 1. The van der Waals surface area contributed by atoms with E-state index < -0.39 is 11.7 Å². The van der Waals surface area contributed by atoms with Crippen LogP contribution in [0.2, 0.25) is 5.02 Å². The van der Waals surface area contributed by atoms with Gasteiger partial charge in [-0.15, -0.1) is 0 Å². The summed E-state index contributed by atoms with van der Waals surface area (Å²) in [5.74, 6) is -0.998. The van der Waals surface area contributed by atoms with E-state index in [1.54, 1.807) is 6.07 Å². The molecule has 0 N–H and O–H groups in total. The van der Waals surface area contributed by atoms with Crippen molar-refractivity contribution >= 4 is 23.2 Å². The summed E-state index contributed by atoms with van der Waals surface area (Å²) in [6.07, 6.45) is 2.37. The quantitative estimate of drug-likeness (QED) is 0.701. The van der Waals surface area contributed by atoms with Gasteiger partial charge in [-0.2, -0.15) is 0 Å². The van der Waals surface area contributed by atoms with Crippen LogP contribution in [0.1, 0.15) is 36.3 Å². The number of Topliss-reactive ketones (excluding diaryl/α,β-unsaturated/α-hetero) is 2. The molecular weight excluding hydrogens is 339 g/mol. The average Bonchev–Trinajstić information content (AvgIpc) is 3.05. The molecule has 0 aromatic heterocycles. The number of ketones is 2. The van der Waals surface area contributed by atoms with Crippen LogP contribution in [0.15, 0.2) is 36.4 Å². The highest BCUT2D eigenvalue weighted by Crippen LogP contribution is 2.45. The van der Waals surface area contributed by atoms with Gasteiger partial charge >= 0.3 is 0 Å². The van der Waals surface area contributed by atoms with E-state index in [1.807, 2.05) is 25.1 Å². The first-order valence-corrected chi connectivity index (χ1v) is 8.97. The molecule has 2 saturated carbocycles. The number of halogens is 2. The van der Waals surface area contributed by atoms with Gasteiger partial charge in [0.25, 0.3) is 0 Å². The number of hydrogen-bond acceptors (Lipinski definition) is 2. The monoisotopic (exact) mass is 356 g/mol. The van der Waals surface area contributed by atoms with Crippen molar-refractivity contribution in [2.45, 2.75) is 32.1 Å². The number of rotatable bonds is 2. The molecule has 0 amide bonds. The standard InChI is InChI=1S/C21H18ClFO2/c1-11-2-3-12(13-6-7-17(22)18(23)10-13)9-16(11)19-20(24)14-4-5-15(8-14)21(19)25/h2-3,6-7,9-10,14-15,19H,4-5,8H2,1H3/t14-,15+,19?. The van der Waals surface area contributed by atoms with Crippen molar-refractivity contribution in [2.75, 3.05) is 0 Å². The van der Waals surface area contributed by atoms with Crippen LogP contribution in [0.3, 0.4) is 0 Å². The largest absolute Gasteiger partial charge is 0.298 e. The fourth-order valence-electron chi connectivity index (χ4n) is 4.22. The Balaban J connectivity index is 1.79. The lowest BCUT2D eigenvalue weighted by Gasteiger charge is -2.27. The van der Waals surface area contributed by atoms with E-state index in [0.29, 0.717) is 5.56 Å². The molecule has 1 unspecified atom stereocenters. The van der Waals surface area contributed by atoms with Crippen LogP contribution >= 0.6 is 11.6 Å². The highest BCUT2D eigenvalue weighted by Gasteiger charge is 2.47. The summed E-state index contributed by atoms with van der Waals surface area (Å²) in [7, 11) is 0. The molecule has 2 nitrogen and oxygen atoms in total. The molecule has 2 aromatic carbocycles. The predicted molar refractivity (Wildman–Crippen MR) is 95.2 cm³/mol. The molecule has 4 heteroatoms. The van der Waals surface area contributed by atoms with Crippen molar-refractivity contribution in [3.05, 3.63) is 58.4 Å². The van der Waals surface area contributed by atoms with Crippen molar-refractivity contribution < 1.29 is 14.0 Å². The molecule has 0 spiro atoms. The van der Waals surface area contributed by atoms with Crippen LogP contribution in [0, 0.1) is 24.6 Å². The Morgan fingerprint density at radius 2 is 1.56 bits per heavy atom. The van der Waals surface area contributed by atoms with E-state index in [1.165, 1.54) is 12.1 Å². The zero-order chi connectivity index (χ0) is 17.7. The van der Waals surface area contributed by atoms with Crippen molar-refractivity contribution in [3.8, 4) is 11.1 Å². The van der Waals surface area contributed by atoms with Crippen LogP contribution < -0.4 is 0 Å². The van der Waals surface area contributed by atoms with Gasteiger partial charge in [-0.05, 0) is 66.6 Å². The minimum atomic E-state index is -0.664. The molecule has 2 aliphatic carbocycles. The van der Waals surface area contributed by atoms with E-state index in [0.717, 1.165) is 36.0 Å². The molecule has 0 heterocycles. The van der Waals surface area contributed by atoms with Crippen molar-refractivity contribution in [1.29, 1.82) is 0 Å². The SMILES string of the molecule is Cc1ccc(-c2ccc(Cl)c(F)c2)cc1C1C(=O)[C@@H]2CC[C@@H](C2)C1=O. The van der Waals surface area contributed by atoms with Crippen LogP contribution in [0.5, 0.6) is 0 Å². The minimum Gasteiger partial charge on any atom is -0.298 e. The number of hydrogen-bond donors (Lipinski definition) is 0. The zero-order valence-corrected chi connectivity index (χ0v) is 14.6. The number of benzene rings is 2. The minimum absolute atomic E-state index is 0.0173. The smallest absolute Gasteiger partial charge is 0.150 e. The first-order valence-electron chi connectivity index (χ1n) is 8.59. The lowest BCUT2D eigenvalue weighted by atomic mass is 9.74. The summed E-state index contributed by atoms with van der Waals surface area (Å²) < 4.78 is 13.8. The summed E-state index contributed by atoms with van der Waals surface area (Å²) in [4.78, 5) is 25.6. The van der Waals surface area contributed by atoms with Crippen LogP contribution in [0.4, 0.5) is 4.39 Å². The molecule has 2 bridgehead atoms. The Kier molecular flexibility index (Phi) is 3.99. The van der Waals surface area contributed by atoms with E-state index in [9.17, 15) is 14.0 Å². The third kappa shape index (κ3) is 2.71. The molecule has 2 fully saturated rings. The van der Waals surface area contributed by atoms with Crippen molar-refractivity contribution in [2.24, 2.45) is 11.8 Å². The van der Waals surface area contributed by atoms with Gasteiger partial charge in [-0.1, -0.05) is 29.8 Å². The highest BCUT2D eigenvalue weighted by atomic mass is 35.5. The molecule has 2 aliphatic rings.